The molecule has 0 amide bonds. The fraction of sp³-hybridized carbons (Fsp3) is 0.579. The molecule has 102 valence electrons. The van der Waals surface area contributed by atoms with Crippen molar-refractivity contribution in [1.29, 1.82) is 0 Å². The Kier molecular flexibility index (Phi) is 3.28. The van der Waals surface area contributed by atoms with Crippen molar-refractivity contribution < 1.29 is 0 Å². The van der Waals surface area contributed by atoms with Crippen LogP contribution in [0.15, 0.2) is 47.1 Å². The molecule has 0 radical (unpaired) electrons. The minimum absolute atomic E-state index is 0.306. The molecule has 0 aromatic rings. The van der Waals surface area contributed by atoms with E-state index in [0.29, 0.717) is 17.3 Å². The maximum atomic E-state index is 2.58. The number of hydrogen-bond acceptors (Lipinski definition) is 0. The summed E-state index contributed by atoms with van der Waals surface area (Å²) < 4.78 is 0. The molecule has 0 aliphatic heterocycles. The average molecular weight is 254 g/mol. The molecule has 1 atom stereocenters. The Hall–Kier alpha value is -1.04. The second-order valence-electron chi connectivity index (χ2n) is 7.09. The Balaban J connectivity index is 1.84. The molecule has 0 heterocycles. The highest BCUT2D eigenvalue weighted by molar-refractivity contribution is 5.42. The van der Waals surface area contributed by atoms with E-state index < -0.39 is 0 Å². The fourth-order valence-electron chi connectivity index (χ4n) is 3.76. The van der Waals surface area contributed by atoms with Crippen LogP contribution >= 0.6 is 0 Å². The fourth-order valence-corrected chi connectivity index (χ4v) is 3.76. The second kappa shape index (κ2) is 4.81. The van der Waals surface area contributed by atoms with Gasteiger partial charge in [0.1, 0.15) is 0 Å². The monoisotopic (exact) mass is 254 g/mol. The lowest BCUT2D eigenvalue weighted by molar-refractivity contribution is 0.251. The molecule has 1 fully saturated rings. The number of hydrogen-bond donors (Lipinski definition) is 0. The topological polar surface area (TPSA) is 0 Å². The maximum Gasteiger partial charge on any atom is 0.00182 e. The Labute approximate surface area is 118 Å². The van der Waals surface area contributed by atoms with Gasteiger partial charge in [-0.05, 0) is 49.2 Å². The number of allylic oxidation sites excluding steroid dienone is 8. The second-order valence-corrected chi connectivity index (χ2v) is 7.09. The van der Waals surface area contributed by atoms with E-state index in [1.54, 1.807) is 11.1 Å². The normalized spacial score (nSPS) is 27.7. The average Bonchev–Trinajstić information content (AvgIpc) is 2.92. The van der Waals surface area contributed by atoms with Crippen molar-refractivity contribution in [3.63, 3.8) is 0 Å². The maximum absolute atomic E-state index is 2.58. The highest BCUT2D eigenvalue weighted by Crippen LogP contribution is 2.47. The van der Waals surface area contributed by atoms with E-state index in [2.05, 4.69) is 51.2 Å². The van der Waals surface area contributed by atoms with Gasteiger partial charge in [0.15, 0.2) is 0 Å². The molecule has 0 spiro atoms. The highest BCUT2D eigenvalue weighted by Gasteiger charge is 2.36. The van der Waals surface area contributed by atoms with E-state index >= 15 is 0 Å². The summed E-state index contributed by atoms with van der Waals surface area (Å²) in [6.45, 7) is 7.07. The third-order valence-corrected chi connectivity index (χ3v) is 5.29. The van der Waals surface area contributed by atoms with Gasteiger partial charge in [-0.3, -0.25) is 0 Å². The molecule has 0 aromatic carbocycles. The molecule has 0 heteroatoms. The van der Waals surface area contributed by atoms with Crippen LogP contribution < -0.4 is 0 Å². The van der Waals surface area contributed by atoms with Crippen molar-refractivity contribution in [2.24, 2.45) is 17.3 Å². The minimum atomic E-state index is 0.306. The zero-order chi connectivity index (χ0) is 13.5. The number of rotatable bonds is 2. The van der Waals surface area contributed by atoms with Gasteiger partial charge < -0.3 is 0 Å². The zero-order valence-electron chi connectivity index (χ0n) is 12.6. The summed E-state index contributed by atoms with van der Waals surface area (Å²) in [5.41, 5.74) is 5.06. The van der Waals surface area contributed by atoms with Gasteiger partial charge >= 0.3 is 0 Å². The van der Waals surface area contributed by atoms with Gasteiger partial charge in [-0.15, -0.1) is 0 Å². The van der Waals surface area contributed by atoms with E-state index in [1.807, 2.05) is 0 Å². The summed E-state index contributed by atoms with van der Waals surface area (Å²) >= 11 is 0. The summed E-state index contributed by atoms with van der Waals surface area (Å²) in [6, 6.07) is 0. The van der Waals surface area contributed by atoms with Crippen LogP contribution in [0.4, 0.5) is 0 Å². The summed E-state index contributed by atoms with van der Waals surface area (Å²) in [4.78, 5) is 0. The summed E-state index contributed by atoms with van der Waals surface area (Å²) in [6.07, 6.45) is 19.1. The molecule has 3 rings (SSSR count). The molecule has 0 bridgehead atoms. The largest absolute Gasteiger partial charge is 0.0768 e. The van der Waals surface area contributed by atoms with E-state index in [1.165, 1.54) is 37.7 Å². The first-order valence-electron chi connectivity index (χ1n) is 7.86. The Morgan fingerprint density at radius 2 is 1.53 bits per heavy atom. The van der Waals surface area contributed by atoms with Gasteiger partial charge in [-0.25, -0.2) is 0 Å². The molecule has 0 saturated heterocycles. The molecule has 1 unspecified atom stereocenters. The smallest absolute Gasteiger partial charge is 0.00182 e. The molecule has 3 aliphatic rings. The van der Waals surface area contributed by atoms with Crippen LogP contribution in [-0.4, -0.2) is 0 Å². The van der Waals surface area contributed by atoms with Crippen molar-refractivity contribution in [2.75, 3.05) is 0 Å². The first-order chi connectivity index (χ1) is 9.07. The lowest BCUT2D eigenvalue weighted by Crippen LogP contribution is -2.27. The quantitative estimate of drug-likeness (QED) is 0.602. The van der Waals surface area contributed by atoms with E-state index in [-0.39, 0.29) is 0 Å². The van der Waals surface area contributed by atoms with E-state index in [4.69, 9.17) is 0 Å². The Bertz CT molecular complexity index is 460. The van der Waals surface area contributed by atoms with Crippen molar-refractivity contribution in [3.05, 3.63) is 47.1 Å². The SMILES string of the molecule is CC1=CC(C(C)(C)C2C=C3CCCCCC3=C2)C=C1. The molecular formula is C19H26. The van der Waals surface area contributed by atoms with Crippen LogP contribution in [0.25, 0.3) is 0 Å². The number of fused-ring (bicyclic) bond motifs is 1. The summed E-state index contributed by atoms with van der Waals surface area (Å²) in [5, 5.41) is 0. The summed E-state index contributed by atoms with van der Waals surface area (Å²) in [7, 11) is 0. The van der Waals surface area contributed by atoms with Crippen molar-refractivity contribution in [2.45, 2.75) is 52.9 Å². The van der Waals surface area contributed by atoms with E-state index in [9.17, 15) is 0 Å². The van der Waals surface area contributed by atoms with Crippen molar-refractivity contribution in [3.8, 4) is 0 Å². The third-order valence-electron chi connectivity index (χ3n) is 5.29. The molecule has 19 heavy (non-hydrogen) atoms. The van der Waals surface area contributed by atoms with Gasteiger partial charge in [0.2, 0.25) is 0 Å². The predicted octanol–water partition coefficient (Wildman–Crippen LogP) is 5.59. The van der Waals surface area contributed by atoms with Crippen LogP contribution in [-0.2, 0) is 0 Å². The van der Waals surface area contributed by atoms with Gasteiger partial charge in [-0.1, -0.05) is 56.2 Å². The van der Waals surface area contributed by atoms with Gasteiger partial charge in [-0.2, -0.15) is 0 Å². The highest BCUT2D eigenvalue weighted by atomic mass is 14.4. The van der Waals surface area contributed by atoms with Crippen molar-refractivity contribution >= 4 is 0 Å². The van der Waals surface area contributed by atoms with Crippen LogP contribution in [0.5, 0.6) is 0 Å². The third kappa shape index (κ3) is 2.38. The Morgan fingerprint density at radius 3 is 2.05 bits per heavy atom. The minimum Gasteiger partial charge on any atom is -0.0768 e. The first-order valence-corrected chi connectivity index (χ1v) is 7.86. The zero-order valence-corrected chi connectivity index (χ0v) is 12.6. The Morgan fingerprint density at radius 1 is 0.895 bits per heavy atom. The molecule has 0 nitrogen and oxygen atoms in total. The van der Waals surface area contributed by atoms with Gasteiger partial charge in [0.05, 0.1) is 0 Å². The molecule has 3 aliphatic carbocycles. The molecule has 1 saturated carbocycles. The van der Waals surface area contributed by atoms with Crippen LogP contribution in [0.2, 0.25) is 0 Å². The standard InChI is InChI=1S/C19H26/c1-14-9-10-17(11-14)19(2,3)18-12-15-7-5-4-6-8-16(15)13-18/h9-13,17-18H,4-8H2,1-3H3. The van der Waals surface area contributed by atoms with Gasteiger partial charge in [0.25, 0.3) is 0 Å². The first kappa shape index (κ1) is 13.0. The van der Waals surface area contributed by atoms with Crippen LogP contribution in [0, 0.1) is 17.3 Å². The van der Waals surface area contributed by atoms with Crippen LogP contribution in [0.3, 0.4) is 0 Å². The predicted molar refractivity (Wildman–Crippen MR) is 82.9 cm³/mol. The van der Waals surface area contributed by atoms with E-state index in [0.717, 1.165) is 0 Å². The van der Waals surface area contributed by atoms with Gasteiger partial charge in [0, 0.05) is 11.8 Å². The molecule has 0 N–H and O–H groups in total. The van der Waals surface area contributed by atoms with Crippen LogP contribution in [0.1, 0.15) is 52.9 Å². The molecular weight excluding hydrogens is 228 g/mol. The van der Waals surface area contributed by atoms with Crippen molar-refractivity contribution in [1.82, 2.24) is 0 Å². The lowest BCUT2D eigenvalue weighted by Gasteiger charge is -2.34. The molecule has 0 aromatic heterocycles. The summed E-state index contributed by atoms with van der Waals surface area (Å²) in [5.74, 6) is 1.21. The lowest BCUT2D eigenvalue weighted by atomic mass is 9.70.